The Labute approximate surface area is 77.3 Å². The molecule has 72 valence electrons. The molecule has 4 N–H and O–H groups in total. The molecule has 0 aliphatic heterocycles. The van der Waals surface area contributed by atoms with Crippen molar-refractivity contribution in [1.82, 2.24) is 11.1 Å². The zero-order valence-corrected chi connectivity index (χ0v) is 9.44. The highest BCUT2D eigenvalue weighted by atomic mass is 35.5. The van der Waals surface area contributed by atoms with Crippen LogP contribution in [0.2, 0.25) is 0 Å². The van der Waals surface area contributed by atoms with Gasteiger partial charge in [0.1, 0.15) is 0 Å². The molecule has 0 radical (unpaired) electrons. The van der Waals surface area contributed by atoms with Crippen LogP contribution in [0.15, 0.2) is 0 Å². The summed E-state index contributed by atoms with van der Waals surface area (Å²) in [6.45, 7) is 12.3. The van der Waals surface area contributed by atoms with Gasteiger partial charge in [-0.1, -0.05) is 6.92 Å². The molecule has 2 nitrogen and oxygen atoms in total. The SMILES string of the molecule is CCN(C(C)C)C(C)C.[Cl-].[NH4+]. The molecule has 0 bridgehead atoms. The Hall–Kier alpha value is 0.210. The van der Waals surface area contributed by atoms with E-state index in [2.05, 4.69) is 39.5 Å². The zero-order chi connectivity index (χ0) is 7.44. The van der Waals surface area contributed by atoms with E-state index in [1.54, 1.807) is 0 Å². The number of hydrogen-bond donors (Lipinski definition) is 1. The summed E-state index contributed by atoms with van der Waals surface area (Å²) in [5, 5.41) is 0. The van der Waals surface area contributed by atoms with Crippen LogP contribution >= 0.6 is 0 Å². The lowest BCUT2D eigenvalue weighted by Crippen LogP contribution is -3.00. The van der Waals surface area contributed by atoms with Gasteiger partial charge in [-0.15, -0.1) is 0 Å². The first-order chi connectivity index (χ1) is 4.09. The fourth-order valence-electron chi connectivity index (χ4n) is 1.33. The van der Waals surface area contributed by atoms with E-state index in [4.69, 9.17) is 0 Å². The molecule has 0 amide bonds. The van der Waals surface area contributed by atoms with Crippen molar-refractivity contribution >= 4 is 0 Å². The molecule has 0 aromatic carbocycles. The molecule has 0 aliphatic rings. The highest BCUT2D eigenvalue weighted by molar-refractivity contribution is 4.64. The Balaban J connectivity index is -0.000000320. The topological polar surface area (TPSA) is 39.7 Å². The van der Waals surface area contributed by atoms with Crippen LogP contribution in [0.3, 0.4) is 0 Å². The lowest BCUT2D eigenvalue weighted by Gasteiger charge is -2.28. The Morgan fingerprint density at radius 2 is 1.27 bits per heavy atom. The Kier molecular flexibility index (Phi) is 13.1. The third-order valence-corrected chi connectivity index (χ3v) is 1.69. The van der Waals surface area contributed by atoms with Crippen molar-refractivity contribution < 1.29 is 12.4 Å². The summed E-state index contributed by atoms with van der Waals surface area (Å²) in [7, 11) is 0. The quantitative estimate of drug-likeness (QED) is 0.629. The smallest absolute Gasteiger partial charge is 0.00411 e. The molecule has 0 unspecified atom stereocenters. The second kappa shape index (κ2) is 8.31. The number of nitrogens with zero attached hydrogens (tertiary/aromatic N) is 1. The van der Waals surface area contributed by atoms with Crippen LogP contribution in [0.4, 0.5) is 0 Å². The minimum absolute atomic E-state index is 0. The predicted octanol–water partition coefficient (Wildman–Crippen LogP) is -0.495. The summed E-state index contributed by atoms with van der Waals surface area (Å²) < 4.78 is 0. The molecular formula is C8H23ClN2. The molecule has 0 saturated carbocycles. The van der Waals surface area contributed by atoms with Gasteiger partial charge in [0, 0.05) is 12.1 Å². The Bertz CT molecular complexity index is 66.5. The van der Waals surface area contributed by atoms with Crippen molar-refractivity contribution in [2.24, 2.45) is 0 Å². The average Bonchev–Trinajstić information content (AvgIpc) is 1.64. The first-order valence-corrected chi connectivity index (χ1v) is 3.85. The number of quaternary nitrogens is 1. The van der Waals surface area contributed by atoms with Crippen LogP contribution < -0.4 is 18.6 Å². The van der Waals surface area contributed by atoms with Gasteiger partial charge in [0.15, 0.2) is 0 Å². The number of hydrogen-bond acceptors (Lipinski definition) is 1. The van der Waals surface area contributed by atoms with E-state index < -0.39 is 0 Å². The van der Waals surface area contributed by atoms with E-state index in [0.717, 1.165) is 6.54 Å². The van der Waals surface area contributed by atoms with E-state index in [-0.39, 0.29) is 18.6 Å². The zero-order valence-electron chi connectivity index (χ0n) is 8.69. The maximum atomic E-state index is 2.46. The van der Waals surface area contributed by atoms with Crippen molar-refractivity contribution in [1.29, 1.82) is 0 Å². The molecular weight excluding hydrogens is 160 g/mol. The standard InChI is InChI=1S/C8H19N.ClH.H3N/c1-6-9(7(2)3)8(4)5;;/h7-8H,6H2,1-5H3;1H;1H3. The second-order valence-electron chi connectivity index (χ2n) is 3.02. The van der Waals surface area contributed by atoms with E-state index in [1.807, 2.05) is 0 Å². The summed E-state index contributed by atoms with van der Waals surface area (Å²) in [4.78, 5) is 2.46. The van der Waals surface area contributed by atoms with Crippen LogP contribution in [-0.4, -0.2) is 23.5 Å². The van der Waals surface area contributed by atoms with Gasteiger partial charge in [-0.05, 0) is 34.2 Å². The molecule has 0 rings (SSSR count). The van der Waals surface area contributed by atoms with Crippen molar-refractivity contribution in [2.75, 3.05) is 6.54 Å². The largest absolute Gasteiger partial charge is 1.00 e. The molecule has 0 atom stereocenters. The van der Waals surface area contributed by atoms with Gasteiger partial charge in [0.05, 0.1) is 0 Å². The maximum Gasteiger partial charge on any atom is 0.00411 e. The molecule has 3 heteroatoms. The van der Waals surface area contributed by atoms with Gasteiger partial charge in [0.25, 0.3) is 0 Å². The molecule has 0 aliphatic carbocycles. The minimum Gasteiger partial charge on any atom is -1.00 e. The third kappa shape index (κ3) is 6.60. The molecule has 0 heterocycles. The number of rotatable bonds is 3. The lowest BCUT2D eigenvalue weighted by atomic mass is 10.2. The molecule has 0 spiro atoms. The fraction of sp³-hybridized carbons (Fsp3) is 1.00. The van der Waals surface area contributed by atoms with Crippen LogP contribution in [0, 0.1) is 0 Å². The van der Waals surface area contributed by atoms with E-state index in [0.29, 0.717) is 12.1 Å². The van der Waals surface area contributed by atoms with Crippen LogP contribution in [0.1, 0.15) is 34.6 Å². The number of halogens is 1. The highest BCUT2D eigenvalue weighted by Gasteiger charge is 2.08. The minimum atomic E-state index is 0. The Morgan fingerprint density at radius 1 is 1.00 bits per heavy atom. The maximum absolute atomic E-state index is 2.46. The van der Waals surface area contributed by atoms with Gasteiger partial charge < -0.3 is 18.6 Å². The van der Waals surface area contributed by atoms with Crippen molar-refractivity contribution in [3.05, 3.63) is 0 Å². The van der Waals surface area contributed by atoms with E-state index >= 15 is 0 Å². The van der Waals surface area contributed by atoms with Crippen molar-refractivity contribution in [2.45, 2.75) is 46.7 Å². The Morgan fingerprint density at radius 3 is 1.27 bits per heavy atom. The first-order valence-electron chi connectivity index (χ1n) is 3.85. The summed E-state index contributed by atoms with van der Waals surface area (Å²) in [5.74, 6) is 0. The van der Waals surface area contributed by atoms with Gasteiger partial charge in [0.2, 0.25) is 0 Å². The first kappa shape index (κ1) is 17.3. The van der Waals surface area contributed by atoms with Crippen molar-refractivity contribution in [3.8, 4) is 0 Å². The summed E-state index contributed by atoms with van der Waals surface area (Å²) in [5.41, 5.74) is 0. The summed E-state index contributed by atoms with van der Waals surface area (Å²) in [6.07, 6.45) is 0. The van der Waals surface area contributed by atoms with Gasteiger partial charge >= 0.3 is 0 Å². The van der Waals surface area contributed by atoms with E-state index in [9.17, 15) is 0 Å². The van der Waals surface area contributed by atoms with Crippen LogP contribution in [0.5, 0.6) is 0 Å². The van der Waals surface area contributed by atoms with E-state index in [1.165, 1.54) is 0 Å². The lowest BCUT2D eigenvalue weighted by molar-refractivity contribution is -0.00000341. The average molecular weight is 183 g/mol. The summed E-state index contributed by atoms with van der Waals surface area (Å²) in [6, 6.07) is 1.38. The normalized spacial score (nSPS) is 9.82. The van der Waals surface area contributed by atoms with Crippen LogP contribution in [-0.2, 0) is 0 Å². The van der Waals surface area contributed by atoms with Gasteiger partial charge in [-0.3, -0.25) is 4.90 Å². The third-order valence-electron chi connectivity index (χ3n) is 1.69. The van der Waals surface area contributed by atoms with Gasteiger partial charge in [-0.2, -0.15) is 0 Å². The van der Waals surface area contributed by atoms with Crippen LogP contribution in [0.25, 0.3) is 0 Å². The highest BCUT2D eigenvalue weighted by Crippen LogP contribution is 2.02. The monoisotopic (exact) mass is 182 g/mol. The fourth-order valence-corrected chi connectivity index (χ4v) is 1.33. The molecule has 0 saturated heterocycles. The second-order valence-corrected chi connectivity index (χ2v) is 3.02. The molecule has 0 aromatic heterocycles. The van der Waals surface area contributed by atoms with Crippen molar-refractivity contribution in [3.63, 3.8) is 0 Å². The predicted molar refractivity (Wildman–Crippen MR) is 48.6 cm³/mol. The molecule has 0 aromatic rings. The molecule has 0 fully saturated rings. The summed E-state index contributed by atoms with van der Waals surface area (Å²) >= 11 is 0. The van der Waals surface area contributed by atoms with Gasteiger partial charge in [-0.25, -0.2) is 0 Å². The molecule has 11 heavy (non-hydrogen) atoms.